The van der Waals surface area contributed by atoms with E-state index in [-0.39, 0.29) is 19.5 Å². The Labute approximate surface area is 148 Å². The third-order valence-electron chi connectivity index (χ3n) is 4.17. The highest BCUT2D eigenvalue weighted by atomic mass is 19.1. The molecule has 1 aromatic carbocycles. The van der Waals surface area contributed by atoms with Crippen molar-refractivity contribution in [2.24, 2.45) is 5.41 Å². The fraction of sp³-hybridized carbons (Fsp3) is 0.579. The SMILES string of the molecule is COc1ccc(CN2CC(C)(C(=O)OC(C)(C)C)CC(F)C2=O)cc1. The summed E-state index contributed by atoms with van der Waals surface area (Å²) in [7, 11) is 1.57. The van der Waals surface area contributed by atoms with Gasteiger partial charge in [-0.1, -0.05) is 12.1 Å². The fourth-order valence-electron chi connectivity index (χ4n) is 2.88. The molecule has 0 N–H and O–H groups in total. The van der Waals surface area contributed by atoms with Crippen LogP contribution in [0.5, 0.6) is 5.75 Å². The Morgan fingerprint density at radius 3 is 2.44 bits per heavy atom. The van der Waals surface area contributed by atoms with Gasteiger partial charge in [0, 0.05) is 19.5 Å². The molecule has 1 heterocycles. The van der Waals surface area contributed by atoms with Gasteiger partial charge in [0.2, 0.25) is 0 Å². The van der Waals surface area contributed by atoms with Gasteiger partial charge in [-0.3, -0.25) is 9.59 Å². The number of hydrogen-bond acceptors (Lipinski definition) is 4. The molecule has 0 bridgehead atoms. The molecule has 0 aliphatic carbocycles. The topological polar surface area (TPSA) is 55.8 Å². The number of nitrogens with zero attached hydrogens (tertiary/aromatic N) is 1. The fourth-order valence-corrected chi connectivity index (χ4v) is 2.88. The predicted molar refractivity (Wildman–Crippen MR) is 91.9 cm³/mol. The third-order valence-corrected chi connectivity index (χ3v) is 4.17. The summed E-state index contributed by atoms with van der Waals surface area (Å²) in [5.74, 6) is -0.359. The normalized spacial score (nSPS) is 24.2. The van der Waals surface area contributed by atoms with Crippen LogP contribution in [0.1, 0.15) is 39.7 Å². The average Bonchev–Trinajstić information content (AvgIpc) is 2.51. The van der Waals surface area contributed by atoms with Crippen molar-refractivity contribution < 1.29 is 23.5 Å². The molecule has 2 unspecified atom stereocenters. The van der Waals surface area contributed by atoms with Gasteiger partial charge < -0.3 is 14.4 Å². The summed E-state index contributed by atoms with van der Waals surface area (Å²) in [6.07, 6.45) is -1.86. The van der Waals surface area contributed by atoms with Crippen LogP contribution in [0.2, 0.25) is 0 Å². The minimum atomic E-state index is -1.70. The lowest BCUT2D eigenvalue weighted by Gasteiger charge is -2.41. The van der Waals surface area contributed by atoms with E-state index in [1.165, 1.54) is 4.90 Å². The summed E-state index contributed by atoms with van der Waals surface area (Å²) in [4.78, 5) is 26.1. The first-order valence-electron chi connectivity index (χ1n) is 8.33. The van der Waals surface area contributed by atoms with Crippen LogP contribution < -0.4 is 4.74 Å². The van der Waals surface area contributed by atoms with Crippen molar-refractivity contribution in [1.29, 1.82) is 0 Å². The molecule has 0 spiro atoms. The second-order valence-corrected chi connectivity index (χ2v) is 7.78. The monoisotopic (exact) mass is 351 g/mol. The number of hydrogen-bond donors (Lipinski definition) is 0. The number of carbonyl (C=O) groups excluding carboxylic acids is 2. The van der Waals surface area contributed by atoms with Gasteiger partial charge in [-0.05, 0) is 45.4 Å². The number of methoxy groups -OCH3 is 1. The zero-order chi connectivity index (χ0) is 18.8. The van der Waals surface area contributed by atoms with Gasteiger partial charge in [0.15, 0.2) is 6.17 Å². The summed E-state index contributed by atoms with van der Waals surface area (Å²) in [5.41, 5.74) is -0.879. The molecule has 0 aromatic heterocycles. The Morgan fingerprint density at radius 2 is 1.92 bits per heavy atom. The van der Waals surface area contributed by atoms with E-state index in [2.05, 4.69) is 0 Å². The molecule has 2 atom stereocenters. The lowest BCUT2D eigenvalue weighted by molar-refractivity contribution is -0.174. The zero-order valence-corrected chi connectivity index (χ0v) is 15.5. The average molecular weight is 351 g/mol. The molecule has 1 aliphatic heterocycles. The molecule has 0 saturated carbocycles. The molecule has 138 valence electrons. The molecule has 25 heavy (non-hydrogen) atoms. The number of ether oxygens (including phenoxy) is 2. The van der Waals surface area contributed by atoms with E-state index in [4.69, 9.17) is 9.47 Å². The van der Waals surface area contributed by atoms with Crippen molar-refractivity contribution in [3.8, 4) is 5.75 Å². The van der Waals surface area contributed by atoms with Crippen molar-refractivity contribution in [2.45, 2.75) is 52.4 Å². The van der Waals surface area contributed by atoms with E-state index in [1.807, 2.05) is 12.1 Å². The van der Waals surface area contributed by atoms with E-state index in [0.717, 1.165) is 5.56 Å². The first-order chi connectivity index (χ1) is 11.5. The highest BCUT2D eigenvalue weighted by Gasteiger charge is 2.48. The van der Waals surface area contributed by atoms with Crippen LogP contribution in [-0.4, -0.2) is 42.2 Å². The van der Waals surface area contributed by atoms with E-state index in [0.29, 0.717) is 5.75 Å². The summed E-state index contributed by atoms with van der Waals surface area (Å²) in [6, 6.07) is 7.20. The molecule has 1 fully saturated rings. The van der Waals surface area contributed by atoms with Gasteiger partial charge in [0.25, 0.3) is 5.91 Å². The second kappa shape index (κ2) is 7.02. The molecule has 6 heteroatoms. The molecule has 1 aliphatic rings. The number of piperidine rings is 1. The maximum absolute atomic E-state index is 14.3. The van der Waals surface area contributed by atoms with E-state index in [1.54, 1.807) is 46.9 Å². The second-order valence-electron chi connectivity index (χ2n) is 7.78. The van der Waals surface area contributed by atoms with Crippen molar-refractivity contribution in [1.82, 2.24) is 4.90 Å². The van der Waals surface area contributed by atoms with Gasteiger partial charge >= 0.3 is 5.97 Å². The molecule has 1 amide bonds. The minimum absolute atomic E-state index is 0.132. The van der Waals surface area contributed by atoms with Crippen molar-refractivity contribution >= 4 is 11.9 Å². The van der Waals surface area contributed by atoms with Crippen LogP contribution in [0.4, 0.5) is 4.39 Å². The zero-order valence-electron chi connectivity index (χ0n) is 15.5. The number of likely N-dealkylation sites (tertiary alicyclic amines) is 1. The number of carbonyl (C=O) groups is 2. The Bertz CT molecular complexity index is 638. The van der Waals surface area contributed by atoms with Crippen molar-refractivity contribution in [2.75, 3.05) is 13.7 Å². The number of rotatable bonds is 4. The van der Waals surface area contributed by atoms with Crippen molar-refractivity contribution in [3.05, 3.63) is 29.8 Å². The number of esters is 1. The number of amides is 1. The van der Waals surface area contributed by atoms with E-state index < -0.39 is 29.1 Å². The molecule has 0 radical (unpaired) electrons. The van der Waals surface area contributed by atoms with Crippen LogP contribution in [0, 0.1) is 5.41 Å². The van der Waals surface area contributed by atoms with Crippen molar-refractivity contribution in [3.63, 3.8) is 0 Å². The molecular weight excluding hydrogens is 325 g/mol. The molecule has 1 saturated heterocycles. The van der Waals surface area contributed by atoms with E-state index >= 15 is 0 Å². The quantitative estimate of drug-likeness (QED) is 0.782. The summed E-state index contributed by atoms with van der Waals surface area (Å²) in [6.45, 7) is 7.33. The van der Waals surface area contributed by atoms with Gasteiger partial charge in [0.1, 0.15) is 11.4 Å². The van der Waals surface area contributed by atoms with Crippen LogP contribution in [0.15, 0.2) is 24.3 Å². The van der Waals surface area contributed by atoms with Gasteiger partial charge in [-0.25, -0.2) is 4.39 Å². The number of alkyl halides is 1. The Balaban J connectivity index is 2.16. The van der Waals surface area contributed by atoms with Crippen LogP contribution in [0.3, 0.4) is 0 Å². The first kappa shape index (κ1) is 19.2. The van der Waals surface area contributed by atoms with Gasteiger partial charge in [-0.2, -0.15) is 0 Å². The Morgan fingerprint density at radius 1 is 1.32 bits per heavy atom. The lowest BCUT2D eigenvalue weighted by Crippen LogP contribution is -2.54. The standard InChI is InChI=1S/C19H26FNO4/c1-18(2,3)25-17(23)19(4)10-15(20)16(22)21(12-19)11-13-6-8-14(24-5)9-7-13/h6-9,15H,10-12H2,1-5H3. The Kier molecular flexibility index (Phi) is 5.40. The maximum atomic E-state index is 14.3. The maximum Gasteiger partial charge on any atom is 0.314 e. The third kappa shape index (κ3) is 4.71. The first-order valence-corrected chi connectivity index (χ1v) is 8.33. The number of halogens is 1. The van der Waals surface area contributed by atoms with Crippen LogP contribution in [-0.2, 0) is 20.9 Å². The summed E-state index contributed by atoms with van der Waals surface area (Å²) in [5, 5.41) is 0. The molecular formula is C19H26FNO4. The smallest absolute Gasteiger partial charge is 0.314 e. The predicted octanol–water partition coefficient (Wildman–Crippen LogP) is 3.11. The Hall–Kier alpha value is -2.11. The molecule has 1 aromatic rings. The highest BCUT2D eigenvalue weighted by Crippen LogP contribution is 2.35. The van der Waals surface area contributed by atoms with Crippen LogP contribution >= 0.6 is 0 Å². The van der Waals surface area contributed by atoms with Crippen LogP contribution in [0.25, 0.3) is 0 Å². The lowest BCUT2D eigenvalue weighted by atomic mass is 9.80. The minimum Gasteiger partial charge on any atom is -0.497 e. The molecule has 2 rings (SSSR count). The summed E-state index contributed by atoms with van der Waals surface area (Å²) >= 11 is 0. The summed E-state index contributed by atoms with van der Waals surface area (Å²) < 4.78 is 24.9. The van der Waals surface area contributed by atoms with Gasteiger partial charge in [-0.15, -0.1) is 0 Å². The van der Waals surface area contributed by atoms with Gasteiger partial charge in [0.05, 0.1) is 12.5 Å². The molecule has 5 nitrogen and oxygen atoms in total. The largest absolute Gasteiger partial charge is 0.497 e. The van der Waals surface area contributed by atoms with E-state index in [9.17, 15) is 14.0 Å². The number of benzene rings is 1. The highest BCUT2D eigenvalue weighted by molar-refractivity contribution is 5.86.